The van der Waals surface area contributed by atoms with Gasteiger partial charge in [0.05, 0.1) is 17.7 Å². The molecule has 0 aliphatic rings. The van der Waals surface area contributed by atoms with Gasteiger partial charge in [-0.1, -0.05) is 30.3 Å². The first kappa shape index (κ1) is 21.3. The van der Waals surface area contributed by atoms with Gasteiger partial charge in [0.25, 0.3) is 17.5 Å². The molecule has 0 atom stereocenters. The molecule has 0 bridgehead atoms. The maximum atomic E-state index is 13.0. The number of carbonyl (C=O) groups is 2. The summed E-state index contributed by atoms with van der Waals surface area (Å²) in [4.78, 5) is 35.9. The lowest BCUT2D eigenvalue weighted by molar-refractivity contribution is -0.384. The molecule has 0 unspecified atom stereocenters. The Morgan fingerprint density at radius 3 is 2.23 bits per heavy atom. The van der Waals surface area contributed by atoms with Crippen molar-refractivity contribution in [1.82, 2.24) is 5.32 Å². The minimum atomic E-state index is -0.577. The number of para-hydroxylation sites is 2. The van der Waals surface area contributed by atoms with E-state index in [4.69, 9.17) is 4.74 Å². The van der Waals surface area contributed by atoms with Crippen molar-refractivity contribution >= 4 is 29.3 Å². The summed E-state index contributed by atoms with van der Waals surface area (Å²) in [5, 5.41) is 16.2. The maximum Gasteiger partial charge on any atom is 0.272 e. The summed E-state index contributed by atoms with van der Waals surface area (Å²) in [5.74, 6) is -0.587. The Kier molecular flexibility index (Phi) is 6.74. The van der Waals surface area contributed by atoms with E-state index in [9.17, 15) is 19.7 Å². The number of non-ortho nitro benzene ring substituents is 1. The summed E-state index contributed by atoms with van der Waals surface area (Å²) in [6.45, 7) is 0. The Balaban J connectivity index is 1.91. The van der Waals surface area contributed by atoms with Crippen LogP contribution in [0.1, 0.15) is 15.9 Å². The summed E-state index contributed by atoms with van der Waals surface area (Å²) in [7, 11) is 1.48. The highest BCUT2D eigenvalue weighted by molar-refractivity contribution is 6.11. The van der Waals surface area contributed by atoms with E-state index in [0.717, 1.165) is 0 Å². The number of hydrogen-bond donors (Lipinski definition) is 2. The Hall–Kier alpha value is -4.46. The van der Waals surface area contributed by atoms with Crippen molar-refractivity contribution in [2.75, 3.05) is 12.4 Å². The molecule has 0 saturated heterocycles. The van der Waals surface area contributed by atoms with E-state index >= 15 is 0 Å². The first-order chi connectivity index (χ1) is 15.0. The second kappa shape index (κ2) is 9.84. The molecule has 0 aliphatic heterocycles. The Bertz CT molecular complexity index is 1130. The lowest BCUT2D eigenvalue weighted by atomic mass is 10.1. The summed E-state index contributed by atoms with van der Waals surface area (Å²) < 4.78 is 5.24. The normalized spacial score (nSPS) is 10.8. The van der Waals surface area contributed by atoms with Crippen LogP contribution in [-0.2, 0) is 4.79 Å². The van der Waals surface area contributed by atoms with E-state index in [1.807, 2.05) is 0 Å². The Morgan fingerprint density at radius 1 is 0.935 bits per heavy atom. The quantitative estimate of drug-likeness (QED) is 0.343. The highest BCUT2D eigenvalue weighted by Gasteiger charge is 2.16. The van der Waals surface area contributed by atoms with Gasteiger partial charge in [0.15, 0.2) is 0 Å². The third kappa shape index (κ3) is 5.54. The smallest absolute Gasteiger partial charge is 0.272 e. The Morgan fingerprint density at radius 2 is 1.58 bits per heavy atom. The molecule has 31 heavy (non-hydrogen) atoms. The molecule has 8 heteroatoms. The highest BCUT2D eigenvalue weighted by atomic mass is 16.6. The van der Waals surface area contributed by atoms with Crippen molar-refractivity contribution in [2.24, 2.45) is 0 Å². The molecule has 0 aliphatic carbocycles. The fraction of sp³-hybridized carbons (Fsp3) is 0.0435. The Labute approximate surface area is 178 Å². The van der Waals surface area contributed by atoms with E-state index in [2.05, 4.69) is 10.6 Å². The molecule has 3 rings (SSSR count). The lowest BCUT2D eigenvalue weighted by Crippen LogP contribution is -2.30. The molecule has 2 amide bonds. The number of methoxy groups -OCH3 is 1. The number of hydrogen-bond acceptors (Lipinski definition) is 5. The molecule has 3 aromatic rings. The highest BCUT2D eigenvalue weighted by Crippen LogP contribution is 2.24. The molecule has 0 radical (unpaired) electrons. The zero-order valence-corrected chi connectivity index (χ0v) is 16.6. The van der Waals surface area contributed by atoms with Crippen molar-refractivity contribution in [1.29, 1.82) is 0 Å². The van der Waals surface area contributed by atoms with Crippen LogP contribution in [0.25, 0.3) is 6.08 Å². The number of nitro groups is 1. The first-order valence-corrected chi connectivity index (χ1v) is 9.25. The van der Waals surface area contributed by atoms with Crippen LogP contribution in [0, 0.1) is 10.1 Å². The van der Waals surface area contributed by atoms with E-state index < -0.39 is 16.7 Å². The van der Waals surface area contributed by atoms with E-state index in [0.29, 0.717) is 22.6 Å². The molecule has 0 aromatic heterocycles. The van der Waals surface area contributed by atoms with Gasteiger partial charge in [-0.2, -0.15) is 0 Å². The molecule has 156 valence electrons. The van der Waals surface area contributed by atoms with Crippen molar-refractivity contribution in [3.8, 4) is 5.75 Å². The van der Waals surface area contributed by atoms with Crippen LogP contribution in [0.2, 0.25) is 0 Å². The van der Waals surface area contributed by atoms with Gasteiger partial charge < -0.3 is 15.4 Å². The summed E-state index contributed by atoms with van der Waals surface area (Å²) in [6.07, 6.45) is 1.44. The van der Waals surface area contributed by atoms with Gasteiger partial charge in [-0.15, -0.1) is 0 Å². The second-order valence-corrected chi connectivity index (χ2v) is 6.38. The fourth-order valence-corrected chi connectivity index (χ4v) is 2.74. The molecule has 0 saturated carbocycles. The molecule has 0 heterocycles. The predicted octanol–water partition coefficient (Wildman–Crippen LogP) is 4.01. The number of nitrogens with one attached hydrogen (secondary N) is 2. The molecular formula is C23H19N3O5. The van der Waals surface area contributed by atoms with Crippen LogP contribution in [-0.4, -0.2) is 23.8 Å². The molecule has 3 aromatic carbocycles. The number of rotatable bonds is 7. The minimum absolute atomic E-state index is 0.0337. The van der Waals surface area contributed by atoms with Gasteiger partial charge >= 0.3 is 0 Å². The van der Waals surface area contributed by atoms with Crippen molar-refractivity contribution < 1.29 is 19.2 Å². The van der Waals surface area contributed by atoms with Crippen LogP contribution < -0.4 is 15.4 Å². The van der Waals surface area contributed by atoms with Gasteiger partial charge in [-0.05, 0) is 48.0 Å². The van der Waals surface area contributed by atoms with Crippen molar-refractivity contribution in [2.45, 2.75) is 0 Å². The lowest BCUT2D eigenvalue weighted by Gasteiger charge is -2.13. The van der Waals surface area contributed by atoms with Gasteiger partial charge in [-0.25, -0.2) is 0 Å². The molecule has 0 fully saturated rings. The van der Waals surface area contributed by atoms with Crippen LogP contribution in [0.5, 0.6) is 5.75 Å². The topological polar surface area (TPSA) is 111 Å². The van der Waals surface area contributed by atoms with Gasteiger partial charge in [0.2, 0.25) is 0 Å². The van der Waals surface area contributed by atoms with E-state index in [1.165, 1.54) is 37.5 Å². The van der Waals surface area contributed by atoms with Crippen LogP contribution >= 0.6 is 0 Å². The number of anilines is 1. The fourth-order valence-electron chi connectivity index (χ4n) is 2.74. The van der Waals surface area contributed by atoms with Gasteiger partial charge in [-0.3, -0.25) is 19.7 Å². The monoisotopic (exact) mass is 417 g/mol. The largest absolute Gasteiger partial charge is 0.495 e. The third-order valence-electron chi connectivity index (χ3n) is 4.30. The summed E-state index contributed by atoms with van der Waals surface area (Å²) in [6, 6.07) is 20.9. The van der Waals surface area contributed by atoms with Crippen LogP contribution in [0.4, 0.5) is 11.4 Å². The molecule has 2 N–H and O–H groups in total. The zero-order chi connectivity index (χ0) is 22.2. The van der Waals surface area contributed by atoms with Crippen molar-refractivity contribution in [3.05, 3.63) is 106 Å². The number of carbonyl (C=O) groups excluding carboxylic acids is 2. The number of ether oxygens (including phenoxy) is 1. The minimum Gasteiger partial charge on any atom is -0.495 e. The standard InChI is InChI=1S/C23H19N3O5/c1-31-21-10-6-5-9-19(21)24-23(28)20(25-22(27)17-7-3-2-4-8-17)15-16-11-13-18(14-12-16)26(29)30/h2-15H,1H3,(H,24,28)(H,25,27). The number of benzene rings is 3. The van der Waals surface area contributed by atoms with Crippen LogP contribution in [0.15, 0.2) is 84.6 Å². The third-order valence-corrected chi connectivity index (χ3v) is 4.30. The number of amides is 2. The number of nitrogens with zero attached hydrogens (tertiary/aromatic N) is 1. The second-order valence-electron chi connectivity index (χ2n) is 6.38. The summed E-state index contributed by atoms with van der Waals surface area (Å²) >= 11 is 0. The van der Waals surface area contributed by atoms with Crippen LogP contribution in [0.3, 0.4) is 0 Å². The summed E-state index contributed by atoms with van der Waals surface area (Å²) in [5.41, 5.74) is 1.20. The van der Waals surface area contributed by atoms with Gasteiger partial charge in [0.1, 0.15) is 11.4 Å². The maximum absolute atomic E-state index is 13.0. The molecule has 0 spiro atoms. The zero-order valence-electron chi connectivity index (χ0n) is 16.6. The average Bonchev–Trinajstić information content (AvgIpc) is 2.79. The van der Waals surface area contributed by atoms with E-state index in [1.54, 1.807) is 54.6 Å². The first-order valence-electron chi connectivity index (χ1n) is 9.25. The van der Waals surface area contributed by atoms with Crippen molar-refractivity contribution in [3.63, 3.8) is 0 Å². The molecular weight excluding hydrogens is 398 g/mol. The number of nitro benzene ring substituents is 1. The van der Waals surface area contributed by atoms with E-state index in [-0.39, 0.29) is 11.4 Å². The van der Waals surface area contributed by atoms with Gasteiger partial charge in [0, 0.05) is 17.7 Å². The average molecular weight is 417 g/mol. The predicted molar refractivity (Wildman–Crippen MR) is 117 cm³/mol. The molecule has 8 nitrogen and oxygen atoms in total. The SMILES string of the molecule is COc1ccccc1NC(=O)C(=Cc1ccc([N+](=O)[O-])cc1)NC(=O)c1ccccc1.